The molecule has 0 N–H and O–H groups in total. The minimum atomic E-state index is 0.569. The monoisotopic (exact) mass is 314 g/mol. The SMILES string of the molecule is COc1ccc(/C=C/c2nc(C)c(C)nc2C)c(OC)c1OC. The molecule has 0 spiro atoms. The number of hydrogen-bond donors (Lipinski definition) is 0. The number of aromatic nitrogens is 2. The molecule has 0 fully saturated rings. The van der Waals surface area contributed by atoms with Crippen molar-refractivity contribution in [2.75, 3.05) is 21.3 Å². The lowest BCUT2D eigenvalue weighted by molar-refractivity contribution is 0.324. The Morgan fingerprint density at radius 2 is 1.39 bits per heavy atom. The van der Waals surface area contributed by atoms with Gasteiger partial charge in [-0.15, -0.1) is 0 Å². The third kappa shape index (κ3) is 3.44. The largest absolute Gasteiger partial charge is 0.493 e. The van der Waals surface area contributed by atoms with Crippen LogP contribution in [0.3, 0.4) is 0 Å². The van der Waals surface area contributed by atoms with Crippen molar-refractivity contribution in [2.24, 2.45) is 0 Å². The number of aryl methyl sites for hydroxylation is 3. The van der Waals surface area contributed by atoms with Gasteiger partial charge in [0.2, 0.25) is 5.75 Å². The van der Waals surface area contributed by atoms with Crippen molar-refractivity contribution in [3.63, 3.8) is 0 Å². The summed E-state index contributed by atoms with van der Waals surface area (Å²) in [5.74, 6) is 1.82. The molecule has 0 amide bonds. The highest BCUT2D eigenvalue weighted by molar-refractivity contribution is 5.75. The molecule has 0 aliphatic rings. The lowest BCUT2D eigenvalue weighted by Gasteiger charge is -2.14. The molecule has 0 saturated heterocycles. The van der Waals surface area contributed by atoms with Crippen LogP contribution in [0.25, 0.3) is 12.2 Å². The van der Waals surface area contributed by atoms with E-state index in [2.05, 4.69) is 9.97 Å². The summed E-state index contributed by atoms with van der Waals surface area (Å²) in [5.41, 5.74) is 4.48. The van der Waals surface area contributed by atoms with E-state index in [0.29, 0.717) is 17.2 Å². The molecule has 0 saturated carbocycles. The second kappa shape index (κ2) is 7.13. The molecule has 0 bridgehead atoms. The van der Waals surface area contributed by atoms with E-state index in [0.717, 1.165) is 28.3 Å². The highest BCUT2D eigenvalue weighted by Gasteiger charge is 2.14. The van der Waals surface area contributed by atoms with E-state index in [1.165, 1.54) is 0 Å². The second-order valence-electron chi connectivity index (χ2n) is 5.12. The number of methoxy groups -OCH3 is 3. The molecule has 2 aromatic rings. The van der Waals surface area contributed by atoms with Crippen LogP contribution < -0.4 is 14.2 Å². The van der Waals surface area contributed by atoms with Crippen molar-refractivity contribution in [3.8, 4) is 17.2 Å². The van der Waals surface area contributed by atoms with E-state index in [4.69, 9.17) is 14.2 Å². The van der Waals surface area contributed by atoms with Crippen molar-refractivity contribution in [1.29, 1.82) is 0 Å². The van der Waals surface area contributed by atoms with Gasteiger partial charge >= 0.3 is 0 Å². The number of nitrogens with zero attached hydrogens (tertiary/aromatic N) is 2. The molecule has 1 heterocycles. The zero-order chi connectivity index (χ0) is 17.0. The van der Waals surface area contributed by atoms with Crippen LogP contribution in [0.1, 0.15) is 28.3 Å². The van der Waals surface area contributed by atoms with E-state index in [1.807, 2.05) is 45.1 Å². The smallest absolute Gasteiger partial charge is 0.203 e. The van der Waals surface area contributed by atoms with Crippen molar-refractivity contribution in [3.05, 3.63) is 40.5 Å². The summed E-state index contributed by atoms with van der Waals surface area (Å²) in [6, 6.07) is 3.76. The first-order chi connectivity index (χ1) is 11.0. The quantitative estimate of drug-likeness (QED) is 0.844. The molecular weight excluding hydrogens is 292 g/mol. The number of ether oxygens (including phenoxy) is 3. The lowest BCUT2D eigenvalue weighted by atomic mass is 10.1. The fourth-order valence-electron chi connectivity index (χ4n) is 2.31. The predicted octanol–water partition coefficient (Wildman–Crippen LogP) is 3.60. The average molecular weight is 314 g/mol. The summed E-state index contributed by atoms with van der Waals surface area (Å²) in [6.07, 6.45) is 3.87. The maximum Gasteiger partial charge on any atom is 0.203 e. The van der Waals surface area contributed by atoms with Gasteiger partial charge in [-0.2, -0.15) is 0 Å². The summed E-state index contributed by atoms with van der Waals surface area (Å²) in [4.78, 5) is 9.07. The highest BCUT2D eigenvalue weighted by Crippen LogP contribution is 2.40. The molecule has 1 aromatic heterocycles. The zero-order valence-corrected chi connectivity index (χ0v) is 14.4. The van der Waals surface area contributed by atoms with E-state index in [-0.39, 0.29) is 0 Å². The summed E-state index contributed by atoms with van der Waals surface area (Å²) in [6.45, 7) is 5.86. The molecule has 0 unspecified atom stereocenters. The van der Waals surface area contributed by atoms with Gasteiger partial charge in [-0.3, -0.25) is 4.98 Å². The number of benzene rings is 1. The van der Waals surface area contributed by atoms with Gasteiger partial charge in [0.15, 0.2) is 11.5 Å². The molecule has 122 valence electrons. The first-order valence-corrected chi connectivity index (χ1v) is 7.30. The van der Waals surface area contributed by atoms with Crippen LogP contribution in [0.15, 0.2) is 12.1 Å². The average Bonchev–Trinajstić information content (AvgIpc) is 2.55. The van der Waals surface area contributed by atoms with E-state index >= 15 is 0 Å². The summed E-state index contributed by atoms with van der Waals surface area (Å²) in [5, 5.41) is 0. The van der Waals surface area contributed by atoms with Crippen LogP contribution in [0.5, 0.6) is 17.2 Å². The normalized spacial score (nSPS) is 10.9. The first kappa shape index (κ1) is 16.8. The van der Waals surface area contributed by atoms with Crippen molar-refractivity contribution < 1.29 is 14.2 Å². The van der Waals surface area contributed by atoms with Crippen molar-refractivity contribution >= 4 is 12.2 Å². The summed E-state index contributed by atoms with van der Waals surface area (Å²) >= 11 is 0. The van der Waals surface area contributed by atoms with Gasteiger partial charge in [0, 0.05) is 5.56 Å². The van der Waals surface area contributed by atoms with Gasteiger partial charge in [0.05, 0.1) is 44.1 Å². The van der Waals surface area contributed by atoms with Crippen LogP contribution in [0.2, 0.25) is 0 Å². The van der Waals surface area contributed by atoms with Gasteiger partial charge < -0.3 is 14.2 Å². The maximum absolute atomic E-state index is 5.48. The van der Waals surface area contributed by atoms with Crippen LogP contribution >= 0.6 is 0 Å². The minimum Gasteiger partial charge on any atom is -0.493 e. The third-order valence-electron chi connectivity index (χ3n) is 3.67. The number of rotatable bonds is 5. The van der Waals surface area contributed by atoms with Crippen molar-refractivity contribution in [1.82, 2.24) is 9.97 Å². The molecule has 2 rings (SSSR count). The van der Waals surface area contributed by atoms with Gasteiger partial charge in [-0.05, 0) is 45.1 Å². The Labute approximate surface area is 136 Å². The minimum absolute atomic E-state index is 0.569. The Bertz CT molecular complexity index is 740. The van der Waals surface area contributed by atoms with E-state index in [9.17, 15) is 0 Å². The van der Waals surface area contributed by atoms with Crippen LogP contribution in [-0.4, -0.2) is 31.3 Å². The van der Waals surface area contributed by atoms with E-state index < -0.39 is 0 Å². The lowest BCUT2D eigenvalue weighted by Crippen LogP contribution is -1.99. The Kier molecular flexibility index (Phi) is 5.21. The van der Waals surface area contributed by atoms with Gasteiger partial charge in [-0.25, -0.2) is 4.98 Å². The predicted molar refractivity (Wildman–Crippen MR) is 91.3 cm³/mol. The fourth-order valence-corrected chi connectivity index (χ4v) is 2.31. The van der Waals surface area contributed by atoms with Gasteiger partial charge in [0.25, 0.3) is 0 Å². The number of hydrogen-bond acceptors (Lipinski definition) is 5. The topological polar surface area (TPSA) is 53.5 Å². The Morgan fingerprint density at radius 1 is 0.739 bits per heavy atom. The Morgan fingerprint density at radius 3 is 2.00 bits per heavy atom. The maximum atomic E-state index is 5.48. The molecule has 23 heavy (non-hydrogen) atoms. The fraction of sp³-hybridized carbons (Fsp3) is 0.333. The van der Waals surface area contributed by atoms with E-state index in [1.54, 1.807) is 21.3 Å². The summed E-state index contributed by atoms with van der Waals surface area (Å²) in [7, 11) is 4.80. The molecule has 5 nitrogen and oxygen atoms in total. The molecular formula is C18H22N2O3. The highest BCUT2D eigenvalue weighted by atomic mass is 16.5. The standard InChI is InChI=1S/C18H22N2O3/c1-11-12(2)20-15(13(3)19-11)9-7-14-8-10-16(21-4)18(23-6)17(14)22-5/h7-10H,1-6H3/b9-7+. The first-order valence-electron chi connectivity index (χ1n) is 7.30. The molecule has 0 radical (unpaired) electrons. The Balaban J connectivity index is 2.46. The van der Waals surface area contributed by atoms with Crippen molar-refractivity contribution in [2.45, 2.75) is 20.8 Å². The molecule has 1 aromatic carbocycles. The molecule has 0 aliphatic carbocycles. The Hall–Kier alpha value is -2.56. The third-order valence-corrected chi connectivity index (χ3v) is 3.67. The molecule has 0 aliphatic heterocycles. The molecule has 0 atom stereocenters. The molecule has 5 heteroatoms. The van der Waals surface area contributed by atoms with Crippen LogP contribution in [-0.2, 0) is 0 Å². The zero-order valence-electron chi connectivity index (χ0n) is 14.4. The second-order valence-corrected chi connectivity index (χ2v) is 5.12. The van der Waals surface area contributed by atoms with Gasteiger partial charge in [0.1, 0.15) is 0 Å². The van der Waals surface area contributed by atoms with Crippen LogP contribution in [0, 0.1) is 20.8 Å². The summed E-state index contributed by atoms with van der Waals surface area (Å²) < 4.78 is 16.2. The van der Waals surface area contributed by atoms with Gasteiger partial charge in [-0.1, -0.05) is 0 Å². The van der Waals surface area contributed by atoms with Crippen LogP contribution in [0.4, 0.5) is 0 Å².